The number of amides is 1. The van der Waals surface area contributed by atoms with Crippen LogP contribution in [0.1, 0.15) is 0 Å². The Hall–Kier alpha value is -1.53. The van der Waals surface area contributed by atoms with Gasteiger partial charge in [0.15, 0.2) is 9.84 Å². The van der Waals surface area contributed by atoms with Crippen LogP contribution < -0.4 is 10.0 Å². The van der Waals surface area contributed by atoms with E-state index >= 15 is 0 Å². The molecular weight excluding hydrogens is 440 g/mol. The predicted molar refractivity (Wildman–Crippen MR) is 112 cm³/mol. The third kappa shape index (κ3) is 4.90. The second-order valence-corrected chi connectivity index (χ2v) is 12.3. The molecule has 0 bridgehead atoms. The number of hydrogen-bond acceptors (Lipinski definition) is 7. The number of para-hydroxylation sites is 1. The molecule has 0 aliphatic carbocycles. The molecule has 0 aromatic heterocycles. The molecule has 1 unspecified atom stereocenters. The smallest absolute Gasteiger partial charge is 0.248 e. The first-order chi connectivity index (χ1) is 13.2. The van der Waals surface area contributed by atoms with Gasteiger partial charge in [0.2, 0.25) is 15.9 Å². The van der Waals surface area contributed by atoms with E-state index in [2.05, 4.69) is 10.0 Å². The molecule has 0 saturated carbocycles. The number of anilines is 1. The number of carbonyl (C=O) groups is 1. The lowest BCUT2D eigenvalue weighted by molar-refractivity contribution is -0.114. The Kier molecular flexibility index (Phi) is 6.40. The lowest BCUT2D eigenvalue weighted by Gasteiger charge is -2.23. The van der Waals surface area contributed by atoms with Gasteiger partial charge in [-0.25, -0.2) is 21.6 Å². The summed E-state index contributed by atoms with van der Waals surface area (Å²) in [5.41, 5.74) is 0.771. The first-order valence-corrected chi connectivity index (χ1v) is 13.5. The van der Waals surface area contributed by atoms with E-state index < -0.39 is 19.9 Å². The summed E-state index contributed by atoms with van der Waals surface area (Å²) in [5, 5.41) is 2.83. The van der Waals surface area contributed by atoms with Crippen molar-refractivity contribution in [2.75, 3.05) is 23.9 Å². The van der Waals surface area contributed by atoms with Gasteiger partial charge in [0.1, 0.15) is 9.48 Å². The van der Waals surface area contributed by atoms with E-state index in [1.54, 1.807) is 0 Å². The quantitative estimate of drug-likeness (QED) is 0.612. The minimum atomic E-state index is -3.99. The number of benzene rings is 2. The van der Waals surface area contributed by atoms with Gasteiger partial charge in [0, 0.05) is 23.4 Å². The van der Waals surface area contributed by atoms with Gasteiger partial charge in [-0.15, -0.1) is 11.8 Å². The highest BCUT2D eigenvalue weighted by atomic mass is 32.2. The summed E-state index contributed by atoms with van der Waals surface area (Å²) >= 11 is 2.74. The maximum atomic E-state index is 12.5. The predicted octanol–water partition coefficient (Wildman–Crippen LogP) is 2.17. The summed E-state index contributed by atoms with van der Waals surface area (Å²) in [6, 6.07) is 12.9. The largest absolute Gasteiger partial charge is 0.323 e. The summed E-state index contributed by atoms with van der Waals surface area (Å²) in [7, 11) is -7.67. The zero-order valence-electron chi connectivity index (χ0n) is 14.8. The van der Waals surface area contributed by atoms with E-state index in [-0.39, 0.29) is 26.8 Å². The number of sulfone groups is 1. The number of sulfonamides is 1. The van der Waals surface area contributed by atoms with E-state index in [1.165, 1.54) is 47.8 Å². The van der Waals surface area contributed by atoms with Crippen molar-refractivity contribution in [3.63, 3.8) is 0 Å². The van der Waals surface area contributed by atoms with Gasteiger partial charge < -0.3 is 5.32 Å². The Labute approximate surface area is 172 Å². The van der Waals surface area contributed by atoms with Gasteiger partial charge >= 0.3 is 0 Å². The molecule has 1 amide bonds. The maximum Gasteiger partial charge on any atom is 0.248 e. The molecule has 3 rings (SSSR count). The highest BCUT2D eigenvalue weighted by Gasteiger charge is 2.27. The van der Waals surface area contributed by atoms with Crippen molar-refractivity contribution in [1.29, 1.82) is 0 Å². The molecule has 7 nitrogen and oxygen atoms in total. The lowest BCUT2D eigenvalue weighted by Crippen LogP contribution is -2.30. The second kappa shape index (κ2) is 8.46. The number of fused-ring (bicyclic) bond motifs is 1. The molecule has 150 valence electrons. The van der Waals surface area contributed by atoms with Crippen LogP contribution in [0.25, 0.3) is 0 Å². The van der Waals surface area contributed by atoms with E-state index in [9.17, 15) is 21.6 Å². The van der Waals surface area contributed by atoms with Crippen molar-refractivity contribution in [3.8, 4) is 0 Å². The Balaban J connectivity index is 1.61. The van der Waals surface area contributed by atoms with Crippen LogP contribution in [0.15, 0.2) is 63.2 Å². The zero-order chi connectivity index (χ0) is 20.4. The Morgan fingerprint density at radius 3 is 2.39 bits per heavy atom. The van der Waals surface area contributed by atoms with Crippen molar-refractivity contribution >= 4 is 55.0 Å². The maximum absolute atomic E-state index is 12.5. The van der Waals surface area contributed by atoms with Crippen molar-refractivity contribution in [2.24, 2.45) is 0 Å². The van der Waals surface area contributed by atoms with Gasteiger partial charge in [-0.1, -0.05) is 36.0 Å². The molecule has 0 radical (unpaired) electrons. The van der Waals surface area contributed by atoms with Crippen molar-refractivity contribution in [3.05, 3.63) is 48.5 Å². The third-order valence-electron chi connectivity index (χ3n) is 3.79. The monoisotopic (exact) mass is 458 g/mol. The Morgan fingerprint density at radius 1 is 1.04 bits per heavy atom. The molecule has 11 heteroatoms. The minimum Gasteiger partial charge on any atom is -0.323 e. The fourth-order valence-electron chi connectivity index (χ4n) is 2.54. The fourth-order valence-corrected chi connectivity index (χ4v) is 7.65. The number of thioether (sulfide) groups is 2. The molecular formula is C17H18N2O5S4. The van der Waals surface area contributed by atoms with E-state index in [4.69, 9.17) is 0 Å². The zero-order valence-corrected chi connectivity index (χ0v) is 18.1. The Bertz CT molecular complexity index is 1100. The lowest BCUT2D eigenvalue weighted by atomic mass is 10.3. The SMILES string of the molecule is CS(=O)(=O)c1ccccc1S(=O)(=O)NCCSC1Sc2ccccc2NC1=O. The van der Waals surface area contributed by atoms with Crippen molar-refractivity contribution in [1.82, 2.24) is 4.72 Å². The van der Waals surface area contributed by atoms with Gasteiger partial charge in [-0.3, -0.25) is 4.79 Å². The highest BCUT2D eigenvalue weighted by molar-refractivity contribution is 8.18. The van der Waals surface area contributed by atoms with Crippen LogP contribution in [0.4, 0.5) is 5.69 Å². The van der Waals surface area contributed by atoms with Gasteiger partial charge in [0.25, 0.3) is 0 Å². The minimum absolute atomic E-state index is 0.0666. The molecule has 1 aliphatic rings. The van der Waals surface area contributed by atoms with Crippen LogP contribution in [-0.4, -0.2) is 45.9 Å². The molecule has 2 aromatic carbocycles. The molecule has 1 aliphatic heterocycles. The van der Waals surface area contributed by atoms with Crippen LogP contribution in [-0.2, 0) is 24.7 Å². The first kappa shape index (κ1) is 21.2. The average Bonchev–Trinajstić information content (AvgIpc) is 2.65. The van der Waals surface area contributed by atoms with Crippen LogP contribution in [0.2, 0.25) is 0 Å². The van der Waals surface area contributed by atoms with Gasteiger partial charge in [0.05, 0.1) is 10.6 Å². The number of carbonyl (C=O) groups excluding carboxylic acids is 1. The number of nitrogens with one attached hydrogen (secondary N) is 2. The molecule has 0 fully saturated rings. The van der Waals surface area contributed by atoms with E-state index in [0.29, 0.717) is 5.75 Å². The molecule has 1 heterocycles. The highest BCUT2D eigenvalue weighted by Crippen LogP contribution is 2.39. The van der Waals surface area contributed by atoms with Crippen LogP contribution in [0, 0.1) is 0 Å². The van der Waals surface area contributed by atoms with Gasteiger partial charge in [-0.05, 0) is 24.3 Å². The fraction of sp³-hybridized carbons (Fsp3) is 0.235. The van der Waals surface area contributed by atoms with Crippen LogP contribution in [0.3, 0.4) is 0 Å². The molecule has 2 aromatic rings. The topological polar surface area (TPSA) is 109 Å². The molecule has 0 saturated heterocycles. The summed E-state index contributed by atoms with van der Waals surface area (Å²) in [6.07, 6.45) is 0.966. The summed E-state index contributed by atoms with van der Waals surface area (Å²) in [6.45, 7) is 0.0666. The number of rotatable bonds is 7. The van der Waals surface area contributed by atoms with E-state index in [1.807, 2.05) is 24.3 Å². The van der Waals surface area contributed by atoms with Crippen molar-refractivity contribution in [2.45, 2.75) is 19.3 Å². The molecule has 28 heavy (non-hydrogen) atoms. The van der Waals surface area contributed by atoms with Crippen molar-refractivity contribution < 1.29 is 21.6 Å². The number of hydrogen-bond donors (Lipinski definition) is 2. The summed E-state index contributed by atoms with van der Waals surface area (Å²) in [5.74, 6) is 0.215. The molecule has 0 spiro atoms. The molecule has 1 atom stereocenters. The van der Waals surface area contributed by atoms with Crippen LogP contribution >= 0.6 is 23.5 Å². The normalized spacial score (nSPS) is 17.0. The third-order valence-corrected chi connectivity index (χ3v) is 9.29. The second-order valence-electron chi connectivity index (χ2n) is 5.92. The van der Waals surface area contributed by atoms with Crippen LogP contribution in [0.5, 0.6) is 0 Å². The van der Waals surface area contributed by atoms with E-state index in [0.717, 1.165) is 16.8 Å². The van der Waals surface area contributed by atoms with Gasteiger partial charge in [-0.2, -0.15) is 0 Å². The average molecular weight is 459 g/mol. The Morgan fingerprint density at radius 2 is 1.68 bits per heavy atom. The first-order valence-electron chi connectivity index (χ1n) is 8.15. The standard InChI is InChI=1S/C17H18N2O5S4/c1-27(21,22)14-8-4-5-9-15(14)28(23,24)18-10-11-25-17-16(20)19-12-6-2-3-7-13(12)26-17/h2-9,17-18H,10-11H2,1H3,(H,19,20). The molecule has 2 N–H and O–H groups in total. The summed E-state index contributed by atoms with van der Waals surface area (Å²) < 4.78 is 50.7. The summed E-state index contributed by atoms with van der Waals surface area (Å²) in [4.78, 5) is 12.6.